The molecule has 1 aromatic rings. The second-order valence-electron chi connectivity index (χ2n) is 4.59. The number of hydrogen-bond acceptors (Lipinski definition) is 2. The second-order valence-corrected chi connectivity index (χ2v) is 4.59. The Morgan fingerprint density at radius 2 is 2.13 bits per heavy atom. The van der Waals surface area contributed by atoms with E-state index in [0.717, 1.165) is 12.3 Å². The monoisotopic (exact) mass is 208 g/mol. The lowest BCUT2D eigenvalue weighted by Crippen LogP contribution is -2.18. The van der Waals surface area contributed by atoms with Gasteiger partial charge in [-0.3, -0.25) is 0 Å². The molecule has 3 nitrogen and oxygen atoms in total. The Morgan fingerprint density at radius 1 is 1.33 bits per heavy atom. The Hall–Kier alpha value is -0.830. The van der Waals surface area contributed by atoms with Crippen LogP contribution in [0.25, 0.3) is 0 Å². The molecule has 1 fully saturated rings. The Balaban J connectivity index is 1.90. The van der Waals surface area contributed by atoms with Gasteiger partial charge in [0.15, 0.2) is 0 Å². The lowest BCUT2D eigenvalue weighted by Gasteiger charge is -2.26. The first kappa shape index (κ1) is 10.7. The average molecular weight is 208 g/mol. The normalized spacial score (nSPS) is 20.3. The molecular formula is C12H20N2O. The highest BCUT2D eigenvalue weighted by molar-refractivity contribution is 4.82. The zero-order valence-corrected chi connectivity index (χ0v) is 9.18. The molecule has 3 heteroatoms. The van der Waals surface area contributed by atoms with Gasteiger partial charge in [0.25, 0.3) is 0 Å². The standard InChI is InChI=1S/C12H20N2O/c15-9-12(14-7-6-13-10-14)8-11-4-2-1-3-5-11/h6-7,10-12,15H,1-5,8-9H2. The van der Waals surface area contributed by atoms with Gasteiger partial charge >= 0.3 is 0 Å². The van der Waals surface area contributed by atoms with Crippen LogP contribution in [-0.2, 0) is 0 Å². The van der Waals surface area contributed by atoms with Crippen molar-refractivity contribution in [2.45, 2.75) is 44.6 Å². The van der Waals surface area contributed by atoms with Gasteiger partial charge in [-0.05, 0) is 12.3 Å². The van der Waals surface area contributed by atoms with E-state index in [-0.39, 0.29) is 12.6 Å². The molecule has 15 heavy (non-hydrogen) atoms. The highest BCUT2D eigenvalue weighted by Crippen LogP contribution is 2.30. The van der Waals surface area contributed by atoms with Crippen LogP contribution < -0.4 is 0 Å². The van der Waals surface area contributed by atoms with Gasteiger partial charge in [-0.2, -0.15) is 0 Å². The number of aliphatic hydroxyl groups is 1. The molecular weight excluding hydrogens is 188 g/mol. The van der Waals surface area contributed by atoms with Crippen LogP contribution >= 0.6 is 0 Å². The third kappa shape index (κ3) is 2.81. The van der Waals surface area contributed by atoms with Crippen LogP contribution in [0, 0.1) is 5.92 Å². The number of nitrogens with zero attached hydrogens (tertiary/aromatic N) is 2. The predicted molar refractivity (Wildman–Crippen MR) is 59.5 cm³/mol. The summed E-state index contributed by atoms with van der Waals surface area (Å²) in [5.41, 5.74) is 0. The maximum absolute atomic E-state index is 9.38. The SMILES string of the molecule is OCC(CC1CCCCC1)n1ccnc1. The maximum atomic E-state index is 9.38. The summed E-state index contributed by atoms with van der Waals surface area (Å²) in [4.78, 5) is 4.04. The van der Waals surface area contributed by atoms with Crippen LogP contribution in [-0.4, -0.2) is 21.3 Å². The largest absolute Gasteiger partial charge is 0.394 e. The van der Waals surface area contributed by atoms with Crippen molar-refractivity contribution < 1.29 is 5.11 Å². The van der Waals surface area contributed by atoms with E-state index in [1.165, 1.54) is 32.1 Å². The first-order chi connectivity index (χ1) is 7.40. The van der Waals surface area contributed by atoms with E-state index in [1.807, 2.05) is 17.1 Å². The van der Waals surface area contributed by atoms with E-state index < -0.39 is 0 Å². The van der Waals surface area contributed by atoms with Crippen LogP contribution in [0.1, 0.15) is 44.6 Å². The van der Waals surface area contributed by atoms with Crippen LogP contribution in [0.15, 0.2) is 18.7 Å². The quantitative estimate of drug-likeness (QED) is 0.825. The molecule has 0 amide bonds. The molecule has 0 aromatic carbocycles. The molecule has 1 aliphatic rings. The topological polar surface area (TPSA) is 38.0 Å². The fraction of sp³-hybridized carbons (Fsp3) is 0.750. The van der Waals surface area contributed by atoms with Gasteiger partial charge in [0.05, 0.1) is 19.0 Å². The van der Waals surface area contributed by atoms with Gasteiger partial charge in [0.2, 0.25) is 0 Å². The summed E-state index contributed by atoms with van der Waals surface area (Å²) < 4.78 is 2.04. The minimum absolute atomic E-state index is 0.229. The molecule has 1 saturated carbocycles. The summed E-state index contributed by atoms with van der Waals surface area (Å²) in [6.07, 6.45) is 13.4. The fourth-order valence-corrected chi connectivity index (χ4v) is 2.58. The molecule has 1 atom stereocenters. The minimum atomic E-state index is 0.229. The number of aromatic nitrogens is 2. The van der Waals surface area contributed by atoms with Crippen LogP contribution in [0.2, 0.25) is 0 Å². The molecule has 0 saturated heterocycles. The maximum Gasteiger partial charge on any atom is 0.0949 e. The van der Waals surface area contributed by atoms with Gasteiger partial charge in [-0.25, -0.2) is 4.98 Å². The number of aliphatic hydroxyl groups excluding tert-OH is 1. The predicted octanol–water partition coefficient (Wildman–Crippen LogP) is 2.39. The van der Waals surface area contributed by atoms with E-state index in [9.17, 15) is 5.11 Å². The zero-order chi connectivity index (χ0) is 10.5. The van der Waals surface area contributed by atoms with Crippen molar-refractivity contribution >= 4 is 0 Å². The van der Waals surface area contributed by atoms with Gasteiger partial charge in [-0.15, -0.1) is 0 Å². The average Bonchev–Trinajstić information content (AvgIpc) is 2.81. The van der Waals surface area contributed by atoms with E-state index in [1.54, 1.807) is 6.20 Å². The summed E-state index contributed by atoms with van der Waals surface area (Å²) in [5, 5.41) is 9.38. The van der Waals surface area contributed by atoms with Crippen molar-refractivity contribution in [2.75, 3.05) is 6.61 Å². The second kappa shape index (κ2) is 5.31. The summed E-state index contributed by atoms with van der Waals surface area (Å²) >= 11 is 0. The first-order valence-corrected chi connectivity index (χ1v) is 5.98. The smallest absolute Gasteiger partial charge is 0.0949 e. The minimum Gasteiger partial charge on any atom is -0.394 e. The summed E-state index contributed by atoms with van der Waals surface area (Å²) in [5.74, 6) is 0.804. The Labute approximate surface area is 91.1 Å². The summed E-state index contributed by atoms with van der Waals surface area (Å²) in [7, 11) is 0. The lowest BCUT2D eigenvalue weighted by molar-refractivity contribution is 0.188. The highest BCUT2D eigenvalue weighted by atomic mass is 16.3. The summed E-state index contributed by atoms with van der Waals surface area (Å²) in [6, 6.07) is 0.232. The van der Waals surface area contributed by atoms with Crippen LogP contribution in [0.5, 0.6) is 0 Å². The third-order valence-corrected chi connectivity index (χ3v) is 3.49. The molecule has 1 heterocycles. The van der Waals surface area contributed by atoms with Crippen molar-refractivity contribution in [3.05, 3.63) is 18.7 Å². The third-order valence-electron chi connectivity index (χ3n) is 3.49. The molecule has 1 N–H and O–H groups in total. The fourth-order valence-electron chi connectivity index (χ4n) is 2.58. The Bertz CT molecular complexity index is 265. The molecule has 0 spiro atoms. The number of hydrogen-bond donors (Lipinski definition) is 1. The van der Waals surface area contributed by atoms with Crippen molar-refractivity contribution in [1.29, 1.82) is 0 Å². The summed E-state index contributed by atoms with van der Waals surface area (Å²) in [6.45, 7) is 0.229. The molecule has 1 unspecified atom stereocenters. The van der Waals surface area contributed by atoms with Crippen molar-refractivity contribution in [2.24, 2.45) is 5.92 Å². The zero-order valence-electron chi connectivity index (χ0n) is 9.18. The number of imidazole rings is 1. The van der Waals surface area contributed by atoms with Gasteiger partial charge in [-0.1, -0.05) is 32.1 Å². The van der Waals surface area contributed by atoms with E-state index in [0.29, 0.717) is 0 Å². The molecule has 1 aromatic heterocycles. The Morgan fingerprint density at radius 3 is 2.73 bits per heavy atom. The molecule has 0 radical (unpaired) electrons. The highest BCUT2D eigenvalue weighted by Gasteiger charge is 2.19. The Kier molecular flexibility index (Phi) is 3.78. The molecule has 0 bridgehead atoms. The van der Waals surface area contributed by atoms with Crippen molar-refractivity contribution in [1.82, 2.24) is 9.55 Å². The van der Waals surface area contributed by atoms with Crippen LogP contribution in [0.3, 0.4) is 0 Å². The van der Waals surface area contributed by atoms with Gasteiger partial charge in [0, 0.05) is 12.4 Å². The van der Waals surface area contributed by atoms with Gasteiger partial charge in [0.1, 0.15) is 0 Å². The van der Waals surface area contributed by atoms with Crippen molar-refractivity contribution in [3.63, 3.8) is 0 Å². The van der Waals surface area contributed by atoms with Crippen LogP contribution in [0.4, 0.5) is 0 Å². The molecule has 1 aliphatic carbocycles. The lowest BCUT2D eigenvalue weighted by atomic mass is 9.85. The molecule has 0 aliphatic heterocycles. The number of rotatable bonds is 4. The molecule has 84 valence electrons. The van der Waals surface area contributed by atoms with Crippen molar-refractivity contribution in [3.8, 4) is 0 Å². The van der Waals surface area contributed by atoms with E-state index >= 15 is 0 Å². The van der Waals surface area contributed by atoms with E-state index in [4.69, 9.17) is 0 Å². The van der Waals surface area contributed by atoms with Gasteiger partial charge < -0.3 is 9.67 Å². The molecule has 2 rings (SSSR count). The first-order valence-electron chi connectivity index (χ1n) is 5.98. The van der Waals surface area contributed by atoms with E-state index in [2.05, 4.69) is 4.98 Å².